The molecule has 1 unspecified atom stereocenters. The fourth-order valence-corrected chi connectivity index (χ4v) is 0.733. The highest BCUT2D eigenvalue weighted by molar-refractivity contribution is 7.67. The highest BCUT2D eigenvalue weighted by Crippen LogP contribution is 1.99. The zero-order valence-electron chi connectivity index (χ0n) is 4.94. The largest absolute Gasteiger partial charge is 0.466 e. The quantitative estimate of drug-likeness (QED) is 0.359. The summed E-state index contributed by atoms with van der Waals surface area (Å²) in [6.07, 6.45) is 0. The highest BCUT2D eigenvalue weighted by Gasteiger charge is 2.16. The van der Waals surface area contributed by atoms with Crippen LogP contribution in [0, 0.1) is 0 Å². The van der Waals surface area contributed by atoms with Crippen molar-refractivity contribution in [2.75, 3.05) is 7.11 Å². The first kappa shape index (κ1) is 9.67. The van der Waals surface area contributed by atoms with Crippen molar-refractivity contribution < 1.29 is 22.1 Å². The van der Waals surface area contributed by atoms with Gasteiger partial charge >= 0.3 is 5.97 Å². The monoisotopic (exact) mass is 188 g/mol. The Balaban J connectivity index is 3.84. The SMILES string of the molecule is COC(=O)C(Cl)O[SH](=O)=O. The lowest BCUT2D eigenvalue weighted by molar-refractivity contribution is -0.144. The average Bonchev–Trinajstić information content (AvgIpc) is 1.85. The lowest BCUT2D eigenvalue weighted by Crippen LogP contribution is -2.18. The molecule has 7 heteroatoms. The number of halogens is 1. The third-order valence-corrected chi connectivity index (χ3v) is 1.34. The third-order valence-electron chi connectivity index (χ3n) is 0.565. The molecule has 0 aromatic heterocycles. The summed E-state index contributed by atoms with van der Waals surface area (Å²) in [4.78, 5) is 10.3. The Kier molecular flexibility index (Phi) is 4.33. The molecule has 0 aliphatic heterocycles. The summed E-state index contributed by atoms with van der Waals surface area (Å²) >= 11 is 5.05. The molecule has 0 bridgehead atoms. The zero-order valence-corrected chi connectivity index (χ0v) is 6.59. The van der Waals surface area contributed by atoms with Gasteiger partial charge in [0.15, 0.2) is 0 Å². The number of ether oxygens (including phenoxy) is 1. The second-order valence-electron chi connectivity index (χ2n) is 1.17. The molecule has 0 amide bonds. The van der Waals surface area contributed by atoms with Crippen LogP contribution in [0.25, 0.3) is 0 Å². The number of hydrogen-bond donors (Lipinski definition) is 1. The van der Waals surface area contributed by atoms with Crippen LogP contribution in [0.15, 0.2) is 0 Å². The van der Waals surface area contributed by atoms with Crippen LogP contribution in [0.5, 0.6) is 0 Å². The van der Waals surface area contributed by atoms with Crippen LogP contribution in [0.3, 0.4) is 0 Å². The van der Waals surface area contributed by atoms with E-state index < -0.39 is 22.5 Å². The summed E-state index contributed by atoms with van der Waals surface area (Å²) in [7, 11) is -2.04. The first-order chi connectivity index (χ1) is 4.57. The molecule has 0 aliphatic carbocycles. The lowest BCUT2D eigenvalue weighted by Gasteiger charge is -2.00. The topological polar surface area (TPSA) is 69.7 Å². The molecular formula is C3H5ClO5S. The minimum atomic E-state index is -3.11. The van der Waals surface area contributed by atoms with Crippen LogP contribution in [0.4, 0.5) is 0 Å². The van der Waals surface area contributed by atoms with E-state index in [-0.39, 0.29) is 0 Å². The van der Waals surface area contributed by atoms with E-state index in [0.717, 1.165) is 7.11 Å². The Labute approximate surface area is 64.0 Å². The van der Waals surface area contributed by atoms with E-state index in [1.807, 2.05) is 0 Å². The van der Waals surface area contributed by atoms with E-state index in [1.54, 1.807) is 0 Å². The molecule has 5 nitrogen and oxygen atoms in total. The standard InChI is InChI=1S/C3H5ClO5S/c1-8-3(5)2(4)9-10(6)7/h2,10H,1H3. The average molecular weight is 189 g/mol. The molecule has 1 atom stereocenters. The van der Waals surface area contributed by atoms with Crippen molar-refractivity contribution in [2.45, 2.75) is 5.56 Å². The molecule has 0 fully saturated rings. The Morgan fingerprint density at radius 1 is 1.60 bits per heavy atom. The predicted octanol–water partition coefficient (Wildman–Crippen LogP) is -0.733. The normalized spacial score (nSPS) is 13.1. The number of rotatable bonds is 3. The number of methoxy groups -OCH3 is 1. The maximum absolute atomic E-state index is 10.3. The molecule has 0 saturated carbocycles. The molecule has 0 N–H and O–H groups in total. The van der Waals surface area contributed by atoms with Crippen LogP contribution in [0.1, 0.15) is 0 Å². The molecule has 0 radical (unpaired) electrons. The second-order valence-corrected chi connectivity index (χ2v) is 2.22. The van der Waals surface area contributed by atoms with Gasteiger partial charge in [0.1, 0.15) is 0 Å². The Morgan fingerprint density at radius 3 is 2.40 bits per heavy atom. The third kappa shape index (κ3) is 3.65. The van der Waals surface area contributed by atoms with Crippen molar-refractivity contribution in [3.8, 4) is 0 Å². The van der Waals surface area contributed by atoms with Crippen molar-refractivity contribution in [3.63, 3.8) is 0 Å². The van der Waals surface area contributed by atoms with Crippen molar-refractivity contribution in [3.05, 3.63) is 0 Å². The van der Waals surface area contributed by atoms with Crippen molar-refractivity contribution in [1.82, 2.24) is 0 Å². The zero-order chi connectivity index (χ0) is 8.15. The predicted molar refractivity (Wildman–Crippen MR) is 33.1 cm³/mol. The van der Waals surface area contributed by atoms with Gasteiger partial charge in [-0.1, -0.05) is 11.6 Å². The first-order valence-corrected chi connectivity index (χ1v) is 3.64. The minimum Gasteiger partial charge on any atom is -0.466 e. The van der Waals surface area contributed by atoms with E-state index in [4.69, 9.17) is 11.6 Å². The van der Waals surface area contributed by atoms with Gasteiger partial charge in [-0.15, -0.1) is 0 Å². The van der Waals surface area contributed by atoms with Gasteiger partial charge in [0.05, 0.1) is 7.11 Å². The number of alkyl halides is 1. The second kappa shape index (κ2) is 4.48. The van der Waals surface area contributed by atoms with Crippen molar-refractivity contribution in [1.29, 1.82) is 0 Å². The Morgan fingerprint density at radius 2 is 2.10 bits per heavy atom. The van der Waals surface area contributed by atoms with E-state index >= 15 is 0 Å². The summed E-state index contributed by atoms with van der Waals surface area (Å²) in [6, 6.07) is 0. The van der Waals surface area contributed by atoms with E-state index in [2.05, 4.69) is 8.92 Å². The molecule has 60 valence electrons. The van der Waals surface area contributed by atoms with Crippen LogP contribution >= 0.6 is 11.6 Å². The summed E-state index contributed by atoms with van der Waals surface area (Å²) < 4.78 is 27.4. The fourth-order valence-electron chi connectivity index (χ4n) is 0.211. The molecular weight excluding hydrogens is 184 g/mol. The molecule has 0 aromatic carbocycles. The molecule has 10 heavy (non-hydrogen) atoms. The summed E-state index contributed by atoms with van der Waals surface area (Å²) in [5.41, 5.74) is -1.58. The highest BCUT2D eigenvalue weighted by atomic mass is 35.5. The number of carbonyl (C=O) groups is 1. The van der Waals surface area contributed by atoms with Gasteiger partial charge in [0, 0.05) is 0 Å². The van der Waals surface area contributed by atoms with Crippen molar-refractivity contribution in [2.24, 2.45) is 0 Å². The molecule has 0 aromatic rings. The molecule has 0 saturated heterocycles. The van der Waals surface area contributed by atoms with E-state index in [0.29, 0.717) is 0 Å². The first-order valence-electron chi connectivity index (χ1n) is 2.11. The molecule has 0 spiro atoms. The number of esters is 1. The van der Waals surface area contributed by atoms with Crippen molar-refractivity contribution >= 4 is 28.6 Å². The van der Waals surface area contributed by atoms with Gasteiger partial charge in [-0.05, 0) is 0 Å². The van der Waals surface area contributed by atoms with Gasteiger partial charge in [0.2, 0.25) is 5.56 Å². The molecule has 0 rings (SSSR count). The summed E-state index contributed by atoms with van der Waals surface area (Å²) in [5.74, 6) is -0.944. The van der Waals surface area contributed by atoms with Gasteiger partial charge in [-0.3, -0.25) is 0 Å². The Hall–Kier alpha value is -0.330. The van der Waals surface area contributed by atoms with Crippen LogP contribution in [0.2, 0.25) is 0 Å². The lowest BCUT2D eigenvalue weighted by atomic mass is 10.7. The molecule has 0 heterocycles. The van der Waals surface area contributed by atoms with E-state index in [9.17, 15) is 13.2 Å². The van der Waals surface area contributed by atoms with Gasteiger partial charge in [-0.2, -0.15) is 0 Å². The number of hydrogen-bond acceptors (Lipinski definition) is 5. The van der Waals surface area contributed by atoms with Crippen LogP contribution in [-0.4, -0.2) is 27.1 Å². The van der Waals surface area contributed by atoms with Crippen LogP contribution in [-0.2, 0) is 24.7 Å². The summed E-state index contributed by atoms with van der Waals surface area (Å²) in [6.45, 7) is 0. The van der Waals surface area contributed by atoms with Gasteiger partial charge in [0.25, 0.3) is 11.0 Å². The summed E-state index contributed by atoms with van der Waals surface area (Å²) in [5, 5.41) is 0. The van der Waals surface area contributed by atoms with E-state index in [1.165, 1.54) is 0 Å². The smallest absolute Gasteiger partial charge is 0.352 e. The minimum absolute atomic E-state index is 0.944. The fraction of sp³-hybridized carbons (Fsp3) is 0.667. The molecule has 0 aliphatic rings. The number of carbonyl (C=O) groups excluding carboxylic acids is 1. The maximum Gasteiger partial charge on any atom is 0.352 e. The van der Waals surface area contributed by atoms with Gasteiger partial charge < -0.3 is 4.74 Å². The van der Waals surface area contributed by atoms with Crippen LogP contribution < -0.4 is 0 Å². The Bertz CT molecular complexity index is 179. The maximum atomic E-state index is 10.3. The number of thiol groups is 1. The van der Waals surface area contributed by atoms with Gasteiger partial charge in [-0.25, -0.2) is 17.4 Å².